The number of nitrogens with zero attached hydrogens (tertiary/aromatic N) is 1. The molecule has 0 radical (unpaired) electrons. The topological polar surface area (TPSA) is 71.5 Å². The van der Waals surface area contributed by atoms with Gasteiger partial charge in [0, 0.05) is 25.5 Å². The number of aromatic carboxylic acids is 1. The molecule has 5 heteroatoms. The van der Waals surface area contributed by atoms with Crippen molar-refractivity contribution in [1.82, 2.24) is 4.98 Å². The number of hydrogen-bond acceptors (Lipinski definition) is 4. The third-order valence-corrected chi connectivity index (χ3v) is 2.60. The Bertz CT molecular complexity index is 375. The molecule has 1 saturated heterocycles. The molecular weight excluding hydrogens is 208 g/mol. The van der Waals surface area contributed by atoms with Crippen LogP contribution in [0.2, 0.25) is 0 Å². The lowest BCUT2D eigenvalue weighted by Crippen LogP contribution is -2.19. The van der Waals surface area contributed by atoms with E-state index >= 15 is 0 Å². The van der Waals surface area contributed by atoms with Crippen molar-refractivity contribution in [3.8, 4) is 0 Å². The predicted molar refractivity (Wildman–Crippen MR) is 58.7 cm³/mol. The lowest BCUT2D eigenvalue weighted by atomic mass is 10.2. The zero-order valence-electron chi connectivity index (χ0n) is 8.85. The second kappa shape index (κ2) is 4.94. The van der Waals surface area contributed by atoms with Gasteiger partial charge in [0.25, 0.3) is 0 Å². The van der Waals surface area contributed by atoms with Crippen LogP contribution in [-0.2, 0) is 4.74 Å². The quantitative estimate of drug-likeness (QED) is 0.805. The van der Waals surface area contributed by atoms with Crippen molar-refractivity contribution in [1.29, 1.82) is 0 Å². The second-order valence-corrected chi connectivity index (χ2v) is 3.74. The summed E-state index contributed by atoms with van der Waals surface area (Å²) in [4.78, 5) is 14.7. The van der Waals surface area contributed by atoms with Gasteiger partial charge in [-0.1, -0.05) is 0 Å². The molecular formula is C11H14N2O3. The number of ether oxygens (including phenoxy) is 1. The number of carboxylic acids is 1. The highest BCUT2D eigenvalue weighted by Crippen LogP contribution is 2.16. The number of hydrogen-bond donors (Lipinski definition) is 2. The number of nitrogens with one attached hydrogen (secondary N) is 1. The fraction of sp³-hybridized carbons (Fsp3) is 0.455. The molecule has 1 aromatic heterocycles. The summed E-state index contributed by atoms with van der Waals surface area (Å²) in [6.07, 6.45) is 5.22. The maximum atomic E-state index is 10.9. The van der Waals surface area contributed by atoms with Crippen molar-refractivity contribution >= 4 is 11.7 Å². The molecule has 1 fully saturated rings. The largest absolute Gasteiger partial charge is 0.478 e. The van der Waals surface area contributed by atoms with Crippen molar-refractivity contribution in [3.63, 3.8) is 0 Å². The number of carboxylic acid groups (broad SMARTS) is 1. The van der Waals surface area contributed by atoms with E-state index in [1.807, 2.05) is 0 Å². The van der Waals surface area contributed by atoms with Crippen LogP contribution in [0.25, 0.3) is 0 Å². The zero-order valence-corrected chi connectivity index (χ0v) is 8.85. The first-order valence-corrected chi connectivity index (χ1v) is 5.30. The molecule has 86 valence electrons. The maximum Gasteiger partial charge on any atom is 0.339 e. The van der Waals surface area contributed by atoms with E-state index in [0.717, 1.165) is 19.4 Å². The van der Waals surface area contributed by atoms with Gasteiger partial charge < -0.3 is 15.2 Å². The van der Waals surface area contributed by atoms with Crippen LogP contribution in [-0.4, -0.2) is 35.3 Å². The number of aromatic nitrogens is 1. The van der Waals surface area contributed by atoms with Crippen LogP contribution in [0.4, 0.5) is 5.69 Å². The van der Waals surface area contributed by atoms with Gasteiger partial charge in [-0.25, -0.2) is 4.79 Å². The van der Waals surface area contributed by atoms with Gasteiger partial charge in [0.05, 0.1) is 11.8 Å². The third-order valence-electron chi connectivity index (χ3n) is 2.60. The van der Waals surface area contributed by atoms with Gasteiger partial charge in [-0.05, 0) is 18.9 Å². The Morgan fingerprint density at radius 3 is 3.25 bits per heavy atom. The molecule has 2 rings (SSSR count). The van der Waals surface area contributed by atoms with Gasteiger partial charge in [-0.15, -0.1) is 0 Å². The standard InChI is InChI=1S/C11H14N2O3/c14-11(15)9-7-12-4-3-10(9)13-6-8-2-1-5-16-8/h3-4,7-8H,1-2,5-6H2,(H,12,13)(H,14,15). The monoisotopic (exact) mass is 222 g/mol. The van der Waals surface area contributed by atoms with Crippen molar-refractivity contribution in [2.45, 2.75) is 18.9 Å². The van der Waals surface area contributed by atoms with Gasteiger partial charge >= 0.3 is 5.97 Å². The van der Waals surface area contributed by atoms with Crippen molar-refractivity contribution in [2.24, 2.45) is 0 Å². The van der Waals surface area contributed by atoms with Crippen LogP contribution in [0, 0.1) is 0 Å². The fourth-order valence-corrected chi connectivity index (χ4v) is 1.75. The van der Waals surface area contributed by atoms with E-state index in [4.69, 9.17) is 9.84 Å². The minimum absolute atomic E-state index is 0.190. The van der Waals surface area contributed by atoms with Crippen LogP contribution < -0.4 is 5.32 Å². The molecule has 2 heterocycles. The molecule has 0 saturated carbocycles. The molecule has 5 nitrogen and oxygen atoms in total. The minimum atomic E-state index is -0.969. The van der Waals surface area contributed by atoms with Gasteiger partial charge in [0.15, 0.2) is 0 Å². The Labute approximate surface area is 93.5 Å². The molecule has 0 bridgehead atoms. The predicted octanol–water partition coefficient (Wildman–Crippen LogP) is 1.37. The number of anilines is 1. The van der Waals surface area contributed by atoms with E-state index in [1.54, 1.807) is 12.3 Å². The smallest absolute Gasteiger partial charge is 0.339 e. The number of rotatable bonds is 4. The highest BCUT2D eigenvalue weighted by atomic mass is 16.5. The van der Waals surface area contributed by atoms with E-state index in [9.17, 15) is 4.79 Å². The second-order valence-electron chi connectivity index (χ2n) is 3.74. The molecule has 0 spiro atoms. The molecule has 0 aliphatic carbocycles. The summed E-state index contributed by atoms with van der Waals surface area (Å²) in [5.41, 5.74) is 0.790. The Morgan fingerprint density at radius 2 is 2.56 bits per heavy atom. The third kappa shape index (κ3) is 2.49. The van der Waals surface area contributed by atoms with E-state index in [0.29, 0.717) is 12.2 Å². The SMILES string of the molecule is O=C(O)c1cnccc1NCC1CCCO1. The average molecular weight is 222 g/mol. The molecule has 16 heavy (non-hydrogen) atoms. The van der Waals surface area contributed by atoms with Gasteiger partial charge in [0.2, 0.25) is 0 Å². The molecule has 1 aliphatic heterocycles. The summed E-state index contributed by atoms with van der Waals surface area (Å²) in [6, 6.07) is 1.67. The van der Waals surface area contributed by atoms with Crippen molar-refractivity contribution in [3.05, 3.63) is 24.0 Å². The zero-order chi connectivity index (χ0) is 11.4. The van der Waals surface area contributed by atoms with Crippen LogP contribution in [0.1, 0.15) is 23.2 Å². The maximum absolute atomic E-state index is 10.9. The number of carbonyl (C=O) groups is 1. The first-order chi connectivity index (χ1) is 7.77. The van der Waals surface area contributed by atoms with Gasteiger partial charge in [-0.2, -0.15) is 0 Å². The van der Waals surface area contributed by atoms with Crippen molar-refractivity contribution in [2.75, 3.05) is 18.5 Å². The summed E-state index contributed by atoms with van der Waals surface area (Å²) in [7, 11) is 0. The summed E-state index contributed by atoms with van der Waals surface area (Å²) >= 11 is 0. The fourth-order valence-electron chi connectivity index (χ4n) is 1.75. The molecule has 0 aromatic carbocycles. The lowest BCUT2D eigenvalue weighted by molar-refractivity contribution is 0.0697. The van der Waals surface area contributed by atoms with Crippen LogP contribution in [0.3, 0.4) is 0 Å². The normalized spacial score (nSPS) is 19.6. The van der Waals surface area contributed by atoms with Gasteiger partial charge in [0.1, 0.15) is 5.56 Å². The average Bonchev–Trinajstić information content (AvgIpc) is 2.79. The molecule has 1 aliphatic rings. The Balaban J connectivity index is 2.00. The minimum Gasteiger partial charge on any atom is -0.478 e. The Morgan fingerprint density at radius 1 is 1.69 bits per heavy atom. The highest BCUT2D eigenvalue weighted by molar-refractivity contribution is 5.93. The van der Waals surface area contributed by atoms with E-state index in [1.165, 1.54) is 6.20 Å². The lowest BCUT2D eigenvalue weighted by Gasteiger charge is -2.13. The summed E-state index contributed by atoms with van der Waals surface area (Å²) in [6.45, 7) is 1.44. The van der Waals surface area contributed by atoms with Crippen LogP contribution >= 0.6 is 0 Å². The first-order valence-electron chi connectivity index (χ1n) is 5.30. The van der Waals surface area contributed by atoms with Crippen LogP contribution in [0.5, 0.6) is 0 Å². The highest BCUT2D eigenvalue weighted by Gasteiger charge is 2.16. The van der Waals surface area contributed by atoms with Gasteiger partial charge in [-0.3, -0.25) is 4.98 Å². The van der Waals surface area contributed by atoms with Crippen LogP contribution in [0.15, 0.2) is 18.5 Å². The summed E-state index contributed by atoms with van der Waals surface area (Å²) in [5.74, 6) is -0.969. The molecule has 2 N–H and O–H groups in total. The summed E-state index contributed by atoms with van der Waals surface area (Å²) in [5, 5.41) is 12.0. The van der Waals surface area contributed by atoms with E-state index in [-0.39, 0.29) is 11.7 Å². The molecule has 1 unspecified atom stereocenters. The molecule has 0 amide bonds. The molecule has 1 aromatic rings. The van der Waals surface area contributed by atoms with Crippen molar-refractivity contribution < 1.29 is 14.6 Å². The Kier molecular flexibility index (Phi) is 3.36. The Hall–Kier alpha value is -1.62. The first kappa shape index (κ1) is 10.9. The van der Waals surface area contributed by atoms with E-state index < -0.39 is 5.97 Å². The summed E-state index contributed by atoms with van der Waals surface area (Å²) < 4.78 is 5.45. The molecule has 1 atom stereocenters. The van der Waals surface area contributed by atoms with E-state index in [2.05, 4.69) is 10.3 Å². The number of pyridine rings is 1.